The van der Waals surface area contributed by atoms with E-state index in [1.165, 1.54) is 6.92 Å². The predicted molar refractivity (Wildman–Crippen MR) is 67.5 cm³/mol. The summed E-state index contributed by atoms with van der Waals surface area (Å²) < 4.78 is 0. The molecule has 0 radical (unpaired) electrons. The van der Waals surface area contributed by atoms with Gasteiger partial charge in [-0.15, -0.1) is 0 Å². The first-order valence-corrected chi connectivity index (χ1v) is 5.76. The second-order valence-electron chi connectivity index (χ2n) is 4.11. The minimum absolute atomic E-state index is 0.00616. The first-order chi connectivity index (χ1) is 8.52. The molecule has 1 aromatic carbocycles. The van der Waals surface area contributed by atoms with E-state index in [9.17, 15) is 9.59 Å². The average Bonchev–Trinajstić information content (AvgIpc) is 2.35. The van der Waals surface area contributed by atoms with Crippen molar-refractivity contribution in [3.63, 3.8) is 0 Å². The molecule has 0 bridgehead atoms. The number of nitrogens with one attached hydrogen (secondary N) is 2. The molecule has 2 amide bonds. The van der Waals surface area contributed by atoms with Crippen LogP contribution in [0, 0.1) is 0 Å². The van der Waals surface area contributed by atoms with E-state index in [2.05, 4.69) is 10.6 Å². The third-order valence-corrected chi connectivity index (χ3v) is 2.49. The molecular weight excluding hydrogens is 232 g/mol. The van der Waals surface area contributed by atoms with Crippen LogP contribution in [0.5, 0.6) is 0 Å². The molecule has 1 rings (SSSR count). The fourth-order valence-corrected chi connectivity index (χ4v) is 1.48. The average molecular weight is 250 g/mol. The molecule has 0 spiro atoms. The Morgan fingerprint density at radius 1 is 1.22 bits per heavy atom. The summed E-state index contributed by atoms with van der Waals surface area (Å²) in [4.78, 5) is 22.4. The highest BCUT2D eigenvalue weighted by atomic mass is 16.3. The molecular formula is C13H18N2O3. The van der Waals surface area contributed by atoms with E-state index in [0.717, 1.165) is 11.1 Å². The van der Waals surface area contributed by atoms with Crippen molar-refractivity contribution < 1.29 is 14.7 Å². The van der Waals surface area contributed by atoms with Crippen LogP contribution in [-0.4, -0.2) is 23.0 Å². The van der Waals surface area contributed by atoms with Crippen molar-refractivity contribution in [1.29, 1.82) is 0 Å². The van der Waals surface area contributed by atoms with Crippen molar-refractivity contribution >= 4 is 11.8 Å². The highest BCUT2D eigenvalue weighted by molar-refractivity contribution is 5.86. The summed E-state index contributed by atoms with van der Waals surface area (Å²) in [6.45, 7) is 3.41. The van der Waals surface area contributed by atoms with Gasteiger partial charge in [0.1, 0.15) is 6.04 Å². The summed E-state index contributed by atoms with van der Waals surface area (Å²) in [7, 11) is 0. The standard InChI is InChI=1S/C13H18N2O3/c1-9(15-10(2)17)13(18)14-7-11-3-5-12(8-16)6-4-11/h3-6,9,16H,7-8H2,1-2H3,(H,14,18)(H,15,17). The van der Waals surface area contributed by atoms with Crippen LogP contribution in [0.1, 0.15) is 25.0 Å². The number of amides is 2. The minimum Gasteiger partial charge on any atom is -0.392 e. The van der Waals surface area contributed by atoms with Crippen molar-refractivity contribution in [3.8, 4) is 0 Å². The molecule has 0 saturated heterocycles. The van der Waals surface area contributed by atoms with Crippen LogP contribution in [0.4, 0.5) is 0 Å². The molecule has 1 atom stereocenters. The van der Waals surface area contributed by atoms with E-state index in [0.29, 0.717) is 6.54 Å². The third kappa shape index (κ3) is 4.55. The maximum absolute atomic E-state index is 11.6. The summed E-state index contributed by atoms with van der Waals surface area (Å²) >= 11 is 0. The van der Waals surface area contributed by atoms with Crippen LogP contribution in [0.3, 0.4) is 0 Å². The molecule has 0 fully saturated rings. The van der Waals surface area contributed by atoms with Gasteiger partial charge < -0.3 is 15.7 Å². The van der Waals surface area contributed by atoms with Gasteiger partial charge in [0.05, 0.1) is 6.61 Å². The topological polar surface area (TPSA) is 78.4 Å². The Labute approximate surface area is 106 Å². The Hall–Kier alpha value is -1.88. The molecule has 0 aliphatic carbocycles. The summed E-state index contributed by atoms with van der Waals surface area (Å²) in [5.41, 5.74) is 1.77. The van der Waals surface area contributed by atoms with Gasteiger partial charge >= 0.3 is 0 Å². The fourth-order valence-electron chi connectivity index (χ4n) is 1.48. The van der Waals surface area contributed by atoms with E-state index in [1.807, 2.05) is 12.1 Å². The number of rotatable bonds is 5. The lowest BCUT2D eigenvalue weighted by Crippen LogP contribution is -2.43. The molecule has 5 heteroatoms. The van der Waals surface area contributed by atoms with Gasteiger partial charge in [-0.1, -0.05) is 24.3 Å². The predicted octanol–water partition coefficient (Wildman–Crippen LogP) is 0.320. The zero-order valence-electron chi connectivity index (χ0n) is 10.6. The lowest BCUT2D eigenvalue weighted by Gasteiger charge is -2.12. The Kier molecular flexibility index (Phi) is 5.32. The lowest BCUT2D eigenvalue weighted by atomic mass is 10.1. The lowest BCUT2D eigenvalue weighted by molar-refractivity contribution is -0.127. The maximum atomic E-state index is 11.6. The van der Waals surface area contributed by atoms with Gasteiger partial charge in [0.15, 0.2) is 0 Å². The van der Waals surface area contributed by atoms with E-state index in [1.54, 1.807) is 19.1 Å². The smallest absolute Gasteiger partial charge is 0.242 e. The Morgan fingerprint density at radius 2 is 1.78 bits per heavy atom. The first kappa shape index (κ1) is 14.2. The van der Waals surface area contributed by atoms with Crippen molar-refractivity contribution in [2.45, 2.75) is 33.0 Å². The number of aliphatic hydroxyl groups is 1. The van der Waals surface area contributed by atoms with Crippen molar-refractivity contribution in [2.75, 3.05) is 0 Å². The highest BCUT2D eigenvalue weighted by Crippen LogP contribution is 2.04. The largest absolute Gasteiger partial charge is 0.392 e. The third-order valence-electron chi connectivity index (χ3n) is 2.49. The Morgan fingerprint density at radius 3 is 2.28 bits per heavy atom. The van der Waals surface area contributed by atoms with Gasteiger partial charge in [0, 0.05) is 13.5 Å². The zero-order chi connectivity index (χ0) is 13.5. The molecule has 5 nitrogen and oxygen atoms in total. The van der Waals surface area contributed by atoms with Crippen LogP contribution in [-0.2, 0) is 22.7 Å². The monoisotopic (exact) mass is 250 g/mol. The van der Waals surface area contributed by atoms with Crippen LogP contribution in [0.2, 0.25) is 0 Å². The number of carbonyl (C=O) groups excluding carboxylic acids is 2. The summed E-state index contributed by atoms with van der Waals surface area (Å²) in [5.74, 6) is -0.457. The van der Waals surface area contributed by atoms with Crippen molar-refractivity contribution in [1.82, 2.24) is 10.6 Å². The van der Waals surface area contributed by atoms with Crippen LogP contribution >= 0.6 is 0 Å². The van der Waals surface area contributed by atoms with Gasteiger partial charge in [-0.25, -0.2) is 0 Å². The van der Waals surface area contributed by atoms with Gasteiger partial charge in [0.2, 0.25) is 11.8 Å². The number of hydrogen-bond donors (Lipinski definition) is 3. The molecule has 1 aromatic rings. The van der Waals surface area contributed by atoms with Gasteiger partial charge in [0.25, 0.3) is 0 Å². The number of carbonyl (C=O) groups is 2. The van der Waals surface area contributed by atoms with Crippen molar-refractivity contribution in [2.24, 2.45) is 0 Å². The quantitative estimate of drug-likeness (QED) is 0.704. The van der Waals surface area contributed by atoms with Gasteiger partial charge in [-0.05, 0) is 18.1 Å². The van der Waals surface area contributed by atoms with Crippen LogP contribution in [0.25, 0.3) is 0 Å². The molecule has 1 unspecified atom stereocenters. The van der Waals surface area contributed by atoms with E-state index < -0.39 is 6.04 Å². The minimum atomic E-state index is -0.542. The summed E-state index contributed by atoms with van der Waals surface area (Å²) in [6, 6.07) is 6.75. The highest BCUT2D eigenvalue weighted by Gasteiger charge is 2.12. The maximum Gasteiger partial charge on any atom is 0.242 e. The molecule has 3 N–H and O–H groups in total. The van der Waals surface area contributed by atoms with Gasteiger partial charge in [-0.3, -0.25) is 9.59 Å². The van der Waals surface area contributed by atoms with Crippen LogP contribution in [0.15, 0.2) is 24.3 Å². The van der Waals surface area contributed by atoms with Crippen molar-refractivity contribution in [3.05, 3.63) is 35.4 Å². The second kappa shape index (κ2) is 6.76. The van der Waals surface area contributed by atoms with E-state index in [4.69, 9.17) is 5.11 Å². The molecule has 0 aliphatic heterocycles. The molecule has 0 heterocycles. The Bertz CT molecular complexity index is 415. The Balaban J connectivity index is 2.44. The van der Waals surface area contributed by atoms with Crippen LogP contribution < -0.4 is 10.6 Å². The summed E-state index contributed by atoms with van der Waals surface area (Å²) in [5, 5.41) is 14.1. The molecule has 0 aromatic heterocycles. The number of aliphatic hydroxyl groups excluding tert-OH is 1. The molecule has 18 heavy (non-hydrogen) atoms. The summed E-state index contributed by atoms with van der Waals surface area (Å²) in [6.07, 6.45) is 0. The number of hydrogen-bond acceptors (Lipinski definition) is 3. The SMILES string of the molecule is CC(=O)NC(C)C(=O)NCc1ccc(CO)cc1. The normalized spacial score (nSPS) is 11.7. The fraction of sp³-hybridized carbons (Fsp3) is 0.385. The van der Waals surface area contributed by atoms with E-state index >= 15 is 0 Å². The molecule has 0 saturated carbocycles. The number of benzene rings is 1. The zero-order valence-corrected chi connectivity index (χ0v) is 10.6. The second-order valence-corrected chi connectivity index (χ2v) is 4.11. The van der Waals surface area contributed by atoms with E-state index in [-0.39, 0.29) is 18.4 Å². The molecule has 0 aliphatic rings. The van der Waals surface area contributed by atoms with Gasteiger partial charge in [-0.2, -0.15) is 0 Å². The molecule has 98 valence electrons. The first-order valence-electron chi connectivity index (χ1n) is 5.76.